The molecule has 0 aliphatic carbocycles. The highest BCUT2D eigenvalue weighted by Crippen LogP contribution is 2.15. The number of amides is 2. The number of carbonyl (C=O) groups is 2. The highest BCUT2D eigenvalue weighted by atomic mass is 35.5. The van der Waals surface area contributed by atoms with E-state index >= 15 is 0 Å². The molecule has 25 heavy (non-hydrogen) atoms. The lowest BCUT2D eigenvalue weighted by atomic mass is 10.3. The summed E-state index contributed by atoms with van der Waals surface area (Å²) in [6, 6.07) is -0.742. The summed E-state index contributed by atoms with van der Waals surface area (Å²) < 4.78 is 3.29. The Morgan fingerprint density at radius 3 is 2.48 bits per heavy atom. The van der Waals surface area contributed by atoms with Crippen molar-refractivity contribution >= 4 is 34.6 Å². The van der Waals surface area contributed by atoms with Crippen molar-refractivity contribution in [2.75, 3.05) is 6.54 Å². The molecule has 0 saturated heterocycles. The molecule has 2 rings (SSSR count). The quantitative estimate of drug-likeness (QED) is 0.636. The molecule has 136 valence electrons. The van der Waals surface area contributed by atoms with Gasteiger partial charge in [0, 0.05) is 20.6 Å². The Hall–Kier alpha value is -2.62. The summed E-state index contributed by atoms with van der Waals surface area (Å²) in [7, 11) is 2.78. The lowest BCUT2D eigenvalue weighted by molar-refractivity contribution is -0.128. The van der Waals surface area contributed by atoms with Crippen molar-refractivity contribution in [3.8, 4) is 0 Å². The van der Waals surface area contributed by atoms with Gasteiger partial charge in [-0.05, 0) is 25.4 Å². The second-order valence-corrected chi connectivity index (χ2v) is 5.87. The molecule has 0 saturated carbocycles. The predicted octanol–water partition coefficient (Wildman–Crippen LogP) is -1.27. The van der Waals surface area contributed by atoms with Gasteiger partial charge in [0.05, 0.1) is 0 Å². The number of halogens is 1. The number of hydrogen-bond donors (Lipinski definition) is 2. The van der Waals surface area contributed by atoms with Gasteiger partial charge in [-0.15, -0.1) is 0 Å². The van der Waals surface area contributed by atoms with Gasteiger partial charge in [0.1, 0.15) is 12.6 Å². The molecule has 0 spiro atoms. The van der Waals surface area contributed by atoms with Crippen molar-refractivity contribution in [3.05, 3.63) is 26.1 Å². The molecule has 2 aromatic rings. The van der Waals surface area contributed by atoms with Gasteiger partial charge < -0.3 is 10.6 Å². The van der Waals surface area contributed by atoms with Crippen LogP contribution < -0.4 is 21.9 Å². The lowest BCUT2D eigenvalue weighted by Crippen LogP contribution is -2.46. The summed E-state index contributed by atoms with van der Waals surface area (Å²) in [4.78, 5) is 52.2. The van der Waals surface area contributed by atoms with Crippen LogP contribution >= 0.6 is 11.6 Å². The number of nitrogens with one attached hydrogen (secondary N) is 2. The molecule has 11 heteroatoms. The third-order valence-electron chi connectivity index (χ3n) is 3.72. The first kappa shape index (κ1) is 18.7. The smallest absolute Gasteiger partial charge is 0.332 e. The first-order valence-electron chi connectivity index (χ1n) is 7.57. The van der Waals surface area contributed by atoms with Crippen LogP contribution in [0, 0.1) is 0 Å². The Bertz CT molecular complexity index is 957. The van der Waals surface area contributed by atoms with Gasteiger partial charge in [-0.3, -0.25) is 28.1 Å². The van der Waals surface area contributed by atoms with Crippen LogP contribution in [0.3, 0.4) is 0 Å². The van der Waals surface area contributed by atoms with E-state index in [0.717, 1.165) is 4.57 Å². The van der Waals surface area contributed by atoms with Crippen LogP contribution in [0.5, 0.6) is 0 Å². The molecule has 2 amide bonds. The van der Waals surface area contributed by atoms with Gasteiger partial charge in [0.2, 0.25) is 17.1 Å². The Balaban J connectivity index is 2.38. The Kier molecular flexibility index (Phi) is 5.31. The number of aromatic nitrogens is 4. The number of fused-ring (bicyclic) bond motifs is 1. The van der Waals surface area contributed by atoms with Crippen LogP contribution in [0.1, 0.15) is 13.8 Å². The van der Waals surface area contributed by atoms with E-state index in [1.54, 1.807) is 13.8 Å². The van der Waals surface area contributed by atoms with Gasteiger partial charge in [0.25, 0.3) is 5.56 Å². The molecule has 0 aliphatic rings. The average Bonchev–Trinajstić information content (AvgIpc) is 2.87. The van der Waals surface area contributed by atoms with E-state index in [1.807, 2.05) is 0 Å². The SMILES string of the molecule is CCNC(=O)[C@@H](C)NC(=O)Cn1c(Cl)nc2c1c(=O)n(C)c(=O)n2C. The maximum atomic E-state index is 12.4. The van der Waals surface area contributed by atoms with Crippen molar-refractivity contribution in [2.24, 2.45) is 14.1 Å². The summed E-state index contributed by atoms with van der Waals surface area (Å²) >= 11 is 6.04. The van der Waals surface area contributed by atoms with Crippen molar-refractivity contribution in [3.63, 3.8) is 0 Å². The fraction of sp³-hybridized carbons (Fsp3) is 0.500. The number of rotatable bonds is 5. The van der Waals surface area contributed by atoms with Crippen LogP contribution in [-0.2, 0) is 30.2 Å². The fourth-order valence-electron chi connectivity index (χ4n) is 2.39. The van der Waals surface area contributed by atoms with E-state index in [2.05, 4.69) is 15.6 Å². The largest absolute Gasteiger partial charge is 0.355 e. The van der Waals surface area contributed by atoms with E-state index < -0.39 is 23.2 Å². The van der Waals surface area contributed by atoms with Crippen molar-refractivity contribution in [1.29, 1.82) is 0 Å². The highest BCUT2D eigenvalue weighted by Gasteiger charge is 2.21. The summed E-state index contributed by atoms with van der Waals surface area (Å²) in [5.41, 5.74) is -1.03. The van der Waals surface area contributed by atoms with Crippen LogP contribution in [0.4, 0.5) is 0 Å². The molecule has 2 heterocycles. The Labute approximate surface area is 147 Å². The van der Waals surface area contributed by atoms with E-state index in [-0.39, 0.29) is 28.9 Å². The number of aryl methyl sites for hydroxylation is 1. The van der Waals surface area contributed by atoms with E-state index in [9.17, 15) is 19.2 Å². The van der Waals surface area contributed by atoms with Crippen molar-refractivity contribution < 1.29 is 9.59 Å². The highest BCUT2D eigenvalue weighted by molar-refractivity contribution is 6.29. The minimum atomic E-state index is -0.742. The molecule has 0 aromatic carbocycles. The molecule has 10 nitrogen and oxygen atoms in total. The topological polar surface area (TPSA) is 120 Å². The standard InChI is InChI=1S/C14H19ClN6O4/c1-5-16-11(23)7(2)17-8(22)6-21-9-10(18-13(21)15)19(3)14(25)20(4)12(9)24/h7H,5-6H2,1-4H3,(H,16,23)(H,17,22)/t7-/m1/s1. The van der Waals surface area contributed by atoms with E-state index in [0.29, 0.717) is 6.54 Å². The fourth-order valence-corrected chi connectivity index (χ4v) is 2.61. The Morgan fingerprint density at radius 2 is 1.88 bits per heavy atom. The minimum absolute atomic E-state index is 0.0374. The zero-order valence-corrected chi connectivity index (χ0v) is 15.0. The first-order valence-corrected chi connectivity index (χ1v) is 7.95. The maximum Gasteiger partial charge on any atom is 0.332 e. The molecule has 0 unspecified atom stereocenters. The molecule has 2 aromatic heterocycles. The summed E-state index contributed by atoms with van der Waals surface area (Å²) in [5, 5.41) is 5.01. The van der Waals surface area contributed by atoms with Crippen LogP contribution in [0.2, 0.25) is 5.28 Å². The number of carbonyl (C=O) groups excluding carboxylic acids is 2. The van der Waals surface area contributed by atoms with E-state index in [1.165, 1.54) is 23.2 Å². The summed E-state index contributed by atoms with van der Waals surface area (Å²) in [5.74, 6) is -0.841. The van der Waals surface area contributed by atoms with Crippen molar-refractivity contribution in [1.82, 2.24) is 29.3 Å². The number of imidazole rings is 1. The monoisotopic (exact) mass is 370 g/mol. The summed E-state index contributed by atoms with van der Waals surface area (Å²) in [6.45, 7) is 3.44. The minimum Gasteiger partial charge on any atom is -0.355 e. The molecule has 0 bridgehead atoms. The van der Waals surface area contributed by atoms with Crippen LogP contribution in [0.15, 0.2) is 9.59 Å². The first-order chi connectivity index (χ1) is 11.7. The molecule has 2 N–H and O–H groups in total. The molecule has 0 fully saturated rings. The average molecular weight is 371 g/mol. The molecule has 1 atom stereocenters. The normalized spacial score (nSPS) is 12.2. The van der Waals surface area contributed by atoms with Gasteiger partial charge >= 0.3 is 5.69 Å². The number of hydrogen-bond acceptors (Lipinski definition) is 5. The zero-order valence-electron chi connectivity index (χ0n) is 14.3. The lowest BCUT2D eigenvalue weighted by Gasteiger charge is -2.14. The second-order valence-electron chi connectivity index (χ2n) is 5.53. The third kappa shape index (κ3) is 3.43. The zero-order chi connectivity index (χ0) is 18.9. The van der Waals surface area contributed by atoms with Gasteiger partial charge in [-0.2, -0.15) is 4.98 Å². The maximum absolute atomic E-state index is 12.4. The second kappa shape index (κ2) is 7.09. The van der Waals surface area contributed by atoms with Crippen LogP contribution in [-0.4, -0.2) is 43.1 Å². The number of nitrogens with zero attached hydrogens (tertiary/aromatic N) is 4. The third-order valence-corrected chi connectivity index (χ3v) is 4.01. The van der Waals surface area contributed by atoms with Crippen LogP contribution in [0.25, 0.3) is 11.2 Å². The predicted molar refractivity (Wildman–Crippen MR) is 91.5 cm³/mol. The van der Waals surface area contributed by atoms with Gasteiger partial charge in [0.15, 0.2) is 11.2 Å². The molecule has 0 aliphatic heterocycles. The molecular formula is C14H19ClN6O4. The number of likely N-dealkylation sites (N-methyl/N-ethyl adjacent to an activating group) is 1. The van der Waals surface area contributed by atoms with Gasteiger partial charge in [-0.25, -0.2) is 4.79 Å². The van der Waals surface area contributed by atoms with Gasteiger partial charge in [-0.1, -0.05) is 0 Å². The van der Waals surface area contributed by atoms with Crippen molar-refractivity contribution in [2.45, 2.75) is 26.4 Å². The summed E-state index contributed by atoms with van der Waals surface area (Å²) in [6.07, 6.45) is 0. The molecular weight excluding hydrogens is 352 g/mol. The molecule has 0 radical (unpaired) electrons. The Morgan fingerprint density at radius 1 is 1.24 bits per heavy atom. The van der Waals surface area contributed by atoms with E-state index in [4.69, 9.17) is 11.6 Å².